The van der Waals surface area contributed by atoms with E-state index in [1.54, 1.807) is 12.1 Å². The Morgan fingerprint density at radius 3 is 2.79 bits per heavy atom. The van der Waals surface area contributed by atoms with Gasteiger partial charge in [-0.25, -0.2) is 4.68 Å². The van der Waals surface area contributed by atoms with Crippen molar-refractivity contribution in [1.29, 1.82) is 0 Å². The molecule has 3 rings (SSSR count). The van der Waals surface area contributed by atoms with Gasteiger partial charge >= 0.3 is 0 Å². The van der Waals surface area contributed by atoms with Crippen LogP contribution in [0.5, 0.6) is 0 Å². The second-order valence-electron chi connectivity index (χ2n) is 5.41. The Bertz CT molecular complexity index is 839. The quantitative estimate of drug-likeness (QED) is 0.729. The van der Waals surface area contributed by atoms with Gasteiger partial charge in [-0.15, -0.1) is 10.2 Å². The number of nitrogens with zero attached hydrogens (tertiary/aromatic N) is 6. The highest BCUT2D eigenvalue weighted by Crippen LogP contribution is 2.18. The lowest BCUT2D eigenvalue weighted by atomic mass is 10.2. The van der Waals surface area contributed by atoms with Crippen molar-refractivity contribution >= 4 is 23.5 Å². The molecule has 2 aromatic heterocycles. The molecule has 1 amide bonds. The van der Waals surface area contributed by atoms with E-state index in [2.05, 4.69) is 36.0 Å². The number of hydrogen-bond donors (Lipinski definition) is 2. The fourth-order valence-electron chi connectivity index (χ4n) is 2.09. The molecule has 10 heteroatoms. The molecule has 9 nitrogen and oxygen atoms in total. The maximum atomic E-state index is 12.1. The van der Waals surface area contributed by atoms with E-state index in [4.69, 9.17) is 11.6 Å². The van der Waals surface area contributed by atoms with Gasteiger partial charge in [-0.2, -0.15) is 4.98 Å². The number of carbonyl (C=O) groups is 1. The molecule has 0 unspecified atom stereocenters. The SMILES string of the molecule is CC(C)c1nnnn1CC(=O)Nc1n[nH]c(-c2ccc(Cl)cc2)n1. The minimum absolute atomic E-state index is 0.00860. The number of benzene rings is 1. The third-order valence-corrected chi connectivity index (χ3v) is 3.48. The summed E-state index contributed by atoms with van der Waals surface area (Å²) in [5, 5.41) is 21.3. The first-order valence-electron chi connectivity index (χ1n) is 7.27. The van der Waals surface area contributed by atoms with Gasteiger partial charge in [-0.1, -0.05) is 25.4 Å². The number of rotatable bonds is 5. The molecule has 0 radical (unpaired) electrons. The summed E-state index contributed by atoms with van der Waals surface area (Å²) in [4.78, 5) is 16.3. The lowest BCUT2D eigenvalue weighted by Crippen LogP contribution is -2.22. The smallest absolute Gasteiger partial charge is 0.249 e. The molecule has 0 saturated carbocycles. The van der Waals surface area contributed by atoms with Crippen LogP contribution in [0.25, 0.3) is 11.4 Å². The van der Waals surface area contributed by atoms with Gasteiger partial charge < -0.3 is 0 Å². The molecule has 0 aliphatic rings. The number of amides is 1. The highest BCUT2D eigenvalue weighted by molar-refractivity contribution is 6.30. The first-order valence-corrected chi connectivity index (χ1v) is 7.65. The molecule has 0 saturated heterocycles. The van der Waals surface area contributed by atoms with E-state index in [9.17, 15) is 4.79 Å². The molecular weight excluding hydrogens is 332 g/mol. The molecule has 0 aliphatic heterocycles. The monoisotopic (exact) mass is 346 g/mol. The summed E-state index contributed by atoms with van der Waals surface area (Å²) in [5.41, 5.74) is 0.815. The third kappa shape index (κ3) is 3.57. The van der Waals surface area contributed by atoms with Crippen molar-refractivity contribution in [1.82, 2.24) is 35.4 Å². The minimum Gasteiger partial charge on any atom is -0.292 e. The molecule has 2 heterocycles. The van der Waals surface area contributed by atoms with Gasteiger partial charge in [0.15, 0.2) is 11.6 Å². The van der Waals surface area contributed by atoms with Crippen molar-refractivity contribution in [3.05, 3.63) is 35.1 Å². The Labute approximate surface area is 142 Å². The predicted molar refractivity (Wildman–Crippen MR) is 87.4 cm³/mol. The van der Waals surface area contributed by atoms with Crippen LogP contribution in [0.1, 0.15) is 25.6 Å². The molecule has 0 spiro atoms. The van der Waals surface area contributed by atoms with Crippen LogP contribution in [0.15, 0.2) is 24.3 Å². The number of anilines is 1. The number of hydrogen-bond acceptors (Lipinski definition) is 6. The lowest BCUT2D eigenvalue weighted by molar-refractivity contribution is -0.117. The number of nitrogens with one attached hydrogen (secondary N) is 2. The zero-order valence-corrected chi connectivity index (χ0v) is 13.8. The number of aromatic nitrogens is 7. The van der Waals surface area contributed by atoms with Crippen molar-refractivity contribution in [3.8, 4) is 11.4 Å². The van der Waals surface area contributed by atoms with E-state index in [1.807, 2.05) is 26.0 Å². The standard InChI is InChI=1S/C14H15ClN8O/c1-8(2)13-19-21-22-23(13)7-11(24)16-14-17-12(18-20-14)9-3-5-10(15)6-4-9/h3-6,8H,7H2,1-2H3,(H2,16,17,18,20,24). The first kappa shape index (κ1) is 16.1. The fraction of sp³-hybridized carbons (Fsp3) is 0.286. The number of tetrazole rings is 1. The van der Waals surface area contributed by atoms with Gasteiger partial charge in [-0.05, 0) is 34.7 Å². The summed E-state index contributed by atoms with van der Waals surface area (Å²) < 4.78 is 1.45. The van der Waals surface area contributed by atoms with Crippen LogP contribution in [0, 0.1) is 0 Å². The van der Waals surface area contributed by atoms with Crippen molar-refractivity contribution in [2.24, 2.45) is 0 Å². The Kier molecular flexibility index (Phi) is 4.52. The highest BCUT2D eigenvalue weighted by Gasteiger charge is 2.15. The van der Waals surface area contributed by atoms with E-state index in [0.29, 0.717) is 16.7 Å². The van der Waals surface area contributed by atoms with Crippen LogP contribution in [0.3, 0.4) is 0 Å². The topological polar surface area (TPSA) is 114 Å². The number of carbonyl (C=O) groups excluding carboxylic acids is 1. The number of H-pyrrole nitrogens is 1. The predicted octanol–water partition coefficient (Wildman–Crippen LogP) is 1.87. The normalized spacial score (nSPS) is 11.0. The van der Waals surface area contributed by atoms with E-state index >= 15 is 0 Å². The van der Waals surface area contributed by atoms with Crippen molar-refractivity contribution in [2.45, 2.75) is 26.3 Å². The average molecular weight is 347 g/mol. The van der Waals surface area contributed by atoms with Crippen molar-refractivity contribution in [2.75, 3.05) is 5.32 Å². The molecule has 0 fully saturated rings. The van der Waals surface area contributed by atoms with E-state index < -0.39 is 0 Å². The molecular formula is C14H15ClN8O. The zero-order chi connectivity index (χ0) is 17.1. The fourth-order valence-corrected chi connectivity index (χ4v) is 2.22. The molecule has 0 aliphatic carbocycles. The lowest BCUT2D eigenvalue weighted by Gasteiger charge is -2.05. The molecule has 124 valence electrons. The zero-order valence-electron chi connectivity index (χ0n) is 13.1. The maximum absolute atomic E-state index is 12.1. The number of aromatic amines is 1. The summed E-state index contributed by atoms with van der Waals surface area (Å²) in [6.45, 7) is 3.90. The minimum atomic E-state index is -0.314. The van der Waals surface area contributed by atoms with Crippen LogP contribution < -0.4 is 5.32 Å². The van der Waals surface area contributed by atoms with Crippen molar-refractivity contribution in [3.63, 3.8) is 0 Å². The van der Waals surface area contributed by atoms with Crippen LogP contribution in [-0.4, -0.2) is 41.3 Å². The largest absolute Gasteiger partial charge is 0.292 e. The summed E-state index contributed by atoms with van der Waals surface area (Å²) in [7, 11) is 0. The van der Waals surface area contributed by atoms with Gasteiger partial charge in [0.2, 0.25) is 11.9 Å². The van der Waals surface area contributed by atoms with E-state index in [0.717, 1.165) is 5.56 Å². The molecule has 1 aromatic carbocycles. The summed E-state index contributed by atoms with van der Waals surface area (Å²) in [5.74, 6) is 1.16. The average Bonchev–Trinajstić information content (AvgIpc) is 3.17. The maximum Gasteiger partial charge on any atom is 0.249 e. The Balaban J connectivity index is 1.67. The van der Waals surface area contributed by atoms with Gasteiger partial charge in [0.1, 0.15) is 6.54 Å². The van der Waals surface area contributed by atoms with Gasteiger partial charge in [0.05, 0.1) is 0 Å². The summed E-state index contributed by atoms with van der Waals surface area (Å²) in [6.07, 6.45) is 0. The van der Waals surface area contributed by atoms with Crippen LogP contribution >= 0.6 is 11.6 Å². The van der Waals surface area contributed by atoms with Crippen LogP contribution in [-0.2, 0) is 11.3 Å². The molecule has 0 bridgehead atoms. The second kappa shape index (κ2) is 6.75. The first-order chi connectivity index (χ1) is 11.5. The van der Waals surface area contributed by atoms with E-state index in [1.165, 1.54) is 4.68 Å². The van der Waals surface area contributed by atoms with Crippen LogP contribution in [0.4, 0.5) is 5.95 Å². The molecule has 2 N–H and O–H groups in total. The Morgan fingerprint density at radius 2 is 2.08 bits per heavy atom. The molecule has 24 heavy (non-hydrogen) atoms. The number of halogens is 1. The Hall–Kier alpha value is -2.81. The van der Waals surface area contributed by atoms with Crippen molar-refractivity contribution < 1.29 is 4.79 Å². The molecule has 0 atom stereocenters. The van der Waals surface area contributed by atoms with E-state index in [-0.39, 0.29) is 24.3 Å². The van der Waals surface area contributed by atoms with Gasteiger partial charge in [-0.3, -0.25) is 15.2 Å². The highest BCUT2D eigenvalue weighted by atomic mass is 35.5. The summed E-state index contributed by atoms with van der Waals surface area (Å²) in [6, 6.07) is 7.13. The van der Waals surface area contributed by atoms with Gasteiger partial charge in [0, 0.05) is 16.5 Å². The van der Waals surface area contributed by atoms with Gasteiger partial charge in [0.25, 0.3) is 0 Å². The summed E-state index contributed by atoms with van der Waals surface area (Å²) >= 11 is 5.85. The van der Waals surface area contributed by atoms with Crippen LogP contribution in [0.2, 0.25) is 5.02 Å². The third-order valence-electron chi connectivity index (χ3n) is 3.22. The second-order valence-corrected chi connectivity index (χ2v) is 5.85. The Morgan fingerprint density at radius 1 is 1.33 bits per heavy atom. The molecule has 3 aromatic rings.